The van der Waals surface area contributed by atoms with Gasteiger partial charge in [0.2, 0.25) is 0 Å². The first kappa shape index (κ1) is 22.7. The lowest BCUT2D eigenvalue weighted by molar-refractivity contribution is 0.154. The van der Waals surface area contributed by atoms with Crippen LogP contribution in [0.15, 0.2) is 48.5 Å². The Morgan fingerprint density at radius 3 is 2.00 bits per heavy atom. The number of aryl methyl sites for hydroxylation is 1. The van der Waals surface area contributed by atoms with Crippen molar-refractivity contribution < 1.29 is 28.3 Å². The third-order valence-electron chi connectivity index (χ3n) is 3.91. The molecule has 0 aliphatic rings. The summed E-state index contributed by atoms with van der Waals surface area (Å²) in [6.07, 6.45) is 1.17. The number of nitrogens with two attached hydrogens (primary N) is 1. The fourth-order valence-corrected chi connectivity index (χ4v) is 2.92. The zero-order valence-corrected chi connectivity index (χ0v) is 17.2. The number of hydrogen-bond acceptors (Lipinski definition) is 5. The van der Waals surface area contributed by atoms with Crippen molar-refractivity contribution in [1.29, 1.82) is 0 Å². The Bertz CT molecular complexity index is 776. The zero-order valence-electron chi connectivity index (χ0n) is 15.6. The fraction of sp³-hybridized carbons (Fsp3) is 0.368. The van der Waals surface area contributed by atoms with Crippen LogP contribution in [0, 0.1) is 0 Å². The Kier molecular flexibility index (Phi) is 8.31. The van der Waals surface area contributed by atoms with Crippen molar-refractivity contribution in [3.63, 3.8) is 0 Å². The van der Waals surface area contributed by atoms with Gasteiger partial charge in [0.1, 0.15) is 24.7 Å². The van der Waals surface area contributed by atoms with Crippen LogP contribution in [0.2, 0.25) is 5.02 Å². The molecule has 0 saturated carbocycles. The topological polar surface area (TPSA) is 111 Å². The molecular weight excluding hydrogens is 405 g/mol. The van der Waals surface area contributed by atoms with Gasteiger partial charge in [-0.15, -0.1) is 0 Å². The fourth-order valence-electron chi connectivity index (χ4n) is 2.34. The molecule has 9 heteroatoms. The van der Waals surface area contributed by atoms with Gasteiger partial charge in [-0.2, -0.15) is 0 Å². The molecule has 0 aliphatic carbocycles. The first-order valence-corrected chi connectivity index (χ1v) is 10.6. The van der Waals surface area contributed by atoms with E-state index in [9.17, 15) is 4.57 Å². The molecule has 0 aliphatic heterocycles. The third-order valence-corrected chi connectivity index (χ3v) is 4.62. The van der Waals surface area contributed by atoms with Gasteiger partial charge in [0.15, 0.2) is 0 Å². The van der Waals surface area contributed by atoms with E-state index in [-0.39, 0.29) is 6.61 Å². The number of rotatable bonds is 11. The van der Waals surface area contributed by atoms with Crippen LogP contribution in [0.3, 0.4) is 0 Å². The number of ether oxygens (including phenoxy) is 2. The van der Waals surface area contributed by atoms with Gasteiger partial charge in [-0.1, -0.05) is 23.7 Å². The van der Waals surface area contributed by atoms with Crippen LogP contribution in [0.5, 0.6) is 11.5 Å². The molecule has 154 valence electrons. The summed E-state index contributed by atoms with van der Waals surface area (Å²) in [4.78, 5) is 17.5. The van der Waals surface area contributed by atoms with Crippen LogP contribution >= 0.6 is 19.4 Å². The van der Waals surface area contributed by atoms with Gasteiger partial charge in [-0.3, -0.25) is 4.52 Å². The zero-order chi connectivity index (χ0) is 20.6. The molecule has 2 rings (SSSR count). The minimum Gasteiger partial charge on any atom is -0.490 e. The second kappa shape index (κ2) is 10.3. The lowest BCUT2D eigenvalue weighted by Crippen LogP contribution is -2.41. The first-order chi connectivity index (χ1) is 13.1. The number of benzene rings is 2. The SMILES string of the molecule is C[C@@](N)(CCc1ccc(OCCOc2ccc(Cl)cc2)cc1)COP(=O)(O)O. The summed E-state index contributed by atoms with van der Waals surface area (Å²) in [5.74, 6) is 1.46. The predicted molar refractivity (Wildman–Crippen MR) is 108 cm³/mol. The van der Waals surface area contributed by atoms with Crippen molar-refractivity contribution in [3.05, 3.63) is 59.1 Å². The van der Waals surface area contributed by atoms with Crippen molar-refractivity contribution in [3.8, 4) is 11.5 Å². The molecule has 2 aromatic rings. The molecule has 0 aromatic heterocycles. The highest BCUT2D eigenvalue weighted by molar-refractivity contribution is 7.46. The van der Waals surface area contributed by atoms with Gasteiger partial charge < -0.3 is 25.0 Å². The summed E-state index contributed by atoms with van der Waals surface area (Å²) < 4.78 is 26.5. The lowest BCUT2D eigenvalue weighted by Gasteiger charge is -2.24. The van der Waals surface area contributed by atoms with Crippen molar-refractivity contribution in [1.82, 2.24) is 0 Å². The average Bonchev–Trinajstić information content (AvgIpc) is 2.64. The van der Waals surface area contributed by atoms with Crippen molar-refractivity contribution >= 4 is 19.4 Å². The van der Waals surface area contributed by atoms with Gasteiger partial charge in [-0.05, 0) is 61.7 Å². The molecule has 0 amide bonds. The Labute approximate surface area is 169 Å². The van der Waals surface area contributed by atoms with E-state index < -0.39 is 13.4 Å². The van der Waals surface area contributed by atoms with E-state index in [1.165, 1.54) is 0 Å². The quantitative estimate of drug-likeness (QED) is 0.370. The molecule has 0 saturated heterocycles. The van der Waals surface area contributed by atoms with E-state index in [0.717, 1.165) is 17.1 Å². The summed E-state index contributed by atoms with van der Waals surface area (Å²) in [6.45, 7) is 2.30. The first-order valence-electron chi connectivity index (χ1n) is 8.72. The van der Waals surface area contributed by atoms with Crippen LogP contribution in [0.25, 0.3) is 0 Å². The standard InChI is InChI=1S/C19H25ClNO6P/c1-19(21,14-27-28(22,23)24)11-10-15-2-6-17(7-3-15)25-12-13-26-18-8-4-16(20)5-9-18/h2-9H,10-14,21H2,1H3,(H2,22,23,24)/t19-/m1/s1. The number of hydrogen-bond donors (Lipinski definition) is 3. The highest BCUT2D eigenvalue weighted by Gasteiger charge is 2.24. The summed E-state index contributed by atoms with van der Waals surface area (Å²) in [7, 11) is -4.51. The molecule has 0 heterocycles. The smallest absolute Gasteiger partial charge is 0.469 e. The maximum atomic E-state index is 10.8. The molecular formula is C19H25ClNO6P. The van der Waals surface area contributed by atoms with Crippen LogP contribution < -0.4 is 15.2 Å². The summed E-state index contributed by atoms with van der Waals surface area (Å²) in [6, 6.07) is 14.7. The average molecular weight is 430 g/mol. The lowest BCUT2D eigenvalue weighted by atomic mass is 9.95. The van der Waals surface area contributed by atoms with Gasteiger partial charge in [0.05, 0.1) is 6.61 Å². The number of phosphoric acid groups is 1. The second-order valence-corrected chi connectivity index (χ2v) is 8.39. The molecule has 2 aromatic carbocycles. The molecule has 0 unspecified atom stereocenters. The second-order valence-electron chi connectivity index (χ2n) is 6.71. The maximum absolute atomic E-state index is 10.8. The predicted octanol–water partition coefficient (Wildman–Crippen LogP) is 3.56. The number of phosphoric ester groups is 1. The maximum Gasteiger partial charge on any atom is 0.469 e. The molecule has 1 atom stereocenters. The Hall–Kier alpha value is -1.60. The highest BCUT2D eigenvalue weighted by Crippen LogP contribution is 2.36. The Morgan fingerprint density at radius 2 is 1.50 bits per heavy atom. The van der Waals surface area contributed by atoms with E-state index in [0.29, 0.717) is 31.1 Å². The van der Waals surface area contributed by atoms with Crippen LogP contribution in [-0.4, -0.2) is 35.1 Å². The Morgan fingerprint density at radius 1 is 1.00 bits per heavy atom. The van der Waals surface area contributed by atoms with Crippen LogP contribution in [0.1, 0.15) is 18.9 Å². The molecule has 0 radical (unpaired) electrons. The largest absolute Gasteiger partial charge is 0.490 e. The Balaban J connectivity index is 1.70. The minimum absolute atomic E-state index is 0.216. The highest BCUT2D eigenvalue weighted by atomic mass is 35.5. The van der Waals surface area contributed by atoms with E-state index >= 15 is 0 Å². The van der Waals surface area contributed by atoms with Crippen molar-refractivity contribution in [2.45, 2.75) is 25.3 Å². The molecule has 0 fully saturated rings. The third kappa shape index (κ3) is 9.06. The van der Waals surface area contributed by atoms with Crippen molar-refractivity contribution in [2.24, 2.45) is 5.73 Å². The molecule has 0 bridgehead atoms. The van der Waals surface area contributed by atoms with Gasteiger partial charge >= 0.3 is 7.82 Å². The normalized spacial score (nSPS) is 13.8. The molecule has 7 nitrogen and oxygen atoms in total. The minimum atomic E-state index is -4.51. The molecule has 0 spiro atoms. The van der Waals surface area contributed by atoms with E-state index in [1.807, 2.05) is 24.3 Å². The molecule has 28 heavy (non-hydrogen) atoms. The van der Waals surface area contributed by atoms with Gasteiger partial charge in [-0.25, -0.2) is 4.57 Å². The molecule has 4 N–H and O–H groups in total. The van der Waals surface area contributed by atoms with E-state index in [4.69, 9.17) is 36.6 Å². The summed E-state index contributed by atoms with van der Waals surface area (Å²) in [5.41, 5.74) is 6.23. The van der Waals surface area contributed by atoms with E-state index in [2.05, 4.69) is 4.52 Å². The monoisotopic (exact) mass is 429 g/mol. The summed E-state index contributed by atoms with van der Waals surface area (Å²) >= 11 is 5.82. The summed E-state index contributed by atoms with van der Waals surface area (Å²) in [5, 5.41) is 0.660. The van der Waals surface area contributed by atoms with Gasteiger partial charge in [0, 0.05) is 10.6 Å². The van der Waals surface area contributed by atoms with Crippen LogP contribution in [0.4, 0.5) is 0 Å². The van der Waals surface area contributed by atoms with Crippen LogP contribution in [-0.2, 0) is 15.5 Å². The van der Waals surface area contributed by atoms with Crippen molar-refractivity contribution in [2.75, 3.05) is 19.8 Å². The van der Waals surface area contributed by atoms with Gasteiger partial charge in [0.25, 0.3) is 0 Å². The van der Waals surface area contributed by atoms with E-state index in [1.54, 1.807) is 31.2 Å². The number of halogens is 1.